The van der Waals surface area contributed by atoms with Crippen molar-refractivity contribution in [3.63, 3.8) is 0 Å². The maximum atomic E-state index is 12.5. The van der Waals surface area contributed by atoms with Gasteiger partial charge >= 0.3 is 12.5 Å². The molecule has 3 rings (SSSR count). The van der Waals surface area contributed by atoms with Gasteiger partial charge in [-0.15, -0.1) is 24.5 Å². The fraction of sp³-hybridized carbons (Fsp3) is 0.375. The third-order valence-electron chi connectivity index (χ3n) is 5.12. The molecule has 0 saturated heterocycles. The summed E-state index contributed by atoms with van der Waals surface area (Å²) in [5.74, 6) is 0.854. The van der Waals surface area contributed by atoms with Crippen LogP contribution in [0.15, 0.2) is 52.8 Å². The summed E-state index contributed by atoms with van der Waals surface area (Å²) in [4.78, 5) is 5.27. The number of hydrogen-bond donors (Lipinski definition) is 1. The maximum Gasteiger partial charge on any atom is 0.573 e. The number of methoxy groups -OCH3 is 2. The lowest BCUT2D eigenvalue weighted by atomic mass is 10.1. The third kappa shape index (κ3) is 8.71. The lowest BCUT2D eigenvalue weighted by molar-refractivity contribution is -0.274. The average Bonchev–Trinajstić information content (AvgIpc) is 3.23. The van der Waals surface area contributed by atoms with E-state index in [-0.39, 0.29) is 18.8 Å². The maximum absolute atomic E-state index is 12.5. The fourth-order valence-corrected chi connectivity index (χ4v) is 4.39. The van der Waals surface area contributed by atoms with Crippen molar-refractivity contribution in [1.82, 2.24) is 9.88 Å². The predicted octanol–water partition coefficient (Wildman–Crippen LogP) is 5.78. The zero-order valence-corrected chi connectivity index (χ0v) is 20.8. The number of halogens is 6. The Morgan fingerprint density at radius 2 is 1.65 bits per heavy atom. The first-order valence-corrected chi connectivity index (χ1v) is 11.9. The zero-order chi connectivity index (χ0) is 27.1. The number of thiazole rings is 1. The molecule has 0 spiro atoms. The van der Waals surface area contributed by atoms with Crippen molar-refractivity contribution < 1.29 is 40.6 Å². The minimum atomic E-state index is -4.80. The second-order valence-electron chi connectivity index (χ2n) is 7.77. The second kappa shape index (κ2) is 12.4. The summed E-state index contributed by atoms with van der Waals surface area (Å²) in [6, 6.07) is 10.7. The Bertz CT molecular complexity index is 1220. The Balaban J connectivity index is 1.87. The van der Waals surface area contributed by atoms with E-state index in [2.05, 4.69) is 15.0 Å². The van der Waals surface area contributed by atoms with Crippen LogP contribution in [0, 0.1) is 0 Å². The van der Waals surface area contributed by atoms with Crippen LogP contribution >= 0.6 is 11.3 Å². The Morgan fingerprint density at radius 1 is 0.946 bits per heavy atom. The number of ether oxygens (including phenoxy) is 3. The van der Waals surface area contributed by atoms with Crippen molar-refractivity contribution in [2.24, 2.45) is 4.99 Å². The first kappa shape index (κ1) is 28.4. The van der Waals surface area contributed by atoms with E-state index >= 15 is 0 Å². The largest absolute Gasteiger partial charge is 0.573 e. The van der Waals surface area contributed by atoms with Gasteiger partial charge in [0.1, 0.15) is 17.2 Å². The molecule has 3 aromatic rings. The van der Waals surface area contributed by atoms with Gasteiger partial charge in [-0.1, -0.05) is 0 Å². The molecule has 37 heavy (non-hydrogen) atoms. The lowest BCUT2D eigenvalue weighted by Gasteiger charge is -2.12. The van der Waals surface area contributed by atoms with Gasteiger partial charge in [0.15, 0.2) is 4.80 Å². The average molecular weight is 550 g/mol. The van der Waals surface area contributed by atoms with E-state index < -0.39 is 19.1 Å². The van der Waals surface area contributed by atoms with Crippen LogP contribution in [0.25, 0.3) is 11.3 Å². The van der Waals surface area contributed by atoms with E-state index in [1.54, 1.807) is 24.6 Å². The van der Waals surface area contributed by atoms with E-state index in [1.807, 2.05) is 10.6 Å². The highest BCUT2D eigenvalue weighted by Crippen LogP contribution is 2.28. The standard InChI is InChI=1S/C24H25F6N3O3S/c1-34-19-9-6-17(21(12-19)35-2)13-32-22-33(11-3-10-31-15-23(25,26)27)20(14-37-22)16-4-7-18(8-5-16)36-24(28,29)30/h4-9,12,14,31H,3,10-11,13,15H2,1-2H3. The van der Waals surface area contributed by atoms with Gasteiger partial charge in [0.25, 0.3) is 0 Å². The normalized spacial score (nSPS) is 12.6. The van der Waals surface area contributed by atoms with E-state index in [4.69, 9.17) is 9.47 Å². The highest BCUT2D eigenvalue weighted by molar-refractivity contribution is 7.07. The van der Waals surface area contributed by atoms with Crippen LogP contribution in [-0.4, -0.2) is 44.4 Å². The third-order valence-corrected chi connectivity index (χ3v) is 6.02. The van der Waals surface area contributed by atoms with Crippen molar-refractivity contribution >= 4 is 11.3 Å². The topological polar surface area (TPSA) is 57.0 Å². The Kier molecular flexibility index (Phi) is 9.49. The first-order chi connectivity index (χ1) is 17.5. The predicted molar refractivity (Wildman–Crippen MR) is 127 cm³/mol. The van der Waals surface area contributed by atoms with Gasteiger partial charge in [0.05, 0.1) is 33.0 Å². The minimum Gasteiger partial charge on any atom is -0.497 e. The van der Waals surface area contributed by atoms with Gasteiger partial charge in [-0.3, -0.25) is 4.99 Å². The number of alkyl halides is 6. The molecule has 0 aliphatic carbocycles. The van der Waals surface area contributed by atoms with Gasteiger partial charge in [0.2, 0.25) is 0 Å². The van der Waals surface area contributed by atoms with Crippen LogP contribution in [0.3, 0.4) is 0 Å². The van der Waals surface area contributed by atoms with Crippen LogP contribution in [-0.2, 0) is 13.1 Å². The Morgan fingerprint density at radius 3 is 2.27 bits per heavy atom. The summed E-state index contributed by atoms with van der Waals surface area (Å²) in [6.45, 7) is -0.379. The van der Waals surface area contributed by atoms with Crippen molar-refractivity contribution in [1.29, 1.82) is 0 Å². The molecule has 2 aromatic carbocycles. The molecule has 202 valence electrons. The molecule has 13 heteroatoms. The molecule has 1 heterocycles. The minimum absolute atomic E-state index is 0.117. The summed E-state index contributed by atoms with van der Waals surface area (Å²) in [6.07, 6.45) is -8.74. The summed E-state index contributed by atoms with van der Waals surface area (Å²) < 4.78 is 91.2. The number of nitrogens with zero attached hydrogens (tertiary/aromatic N) is 2. The first-order valence-electron chi connectivity index (χ1n) is 11.0. The van der Waals surface area contributed by atoms with Crippen molar-refractivity contribution in [3.05, 3.63) is 58.2 Å². The van der Waals surface area contributed by atoms with Gasteiger partial charge in [-0.2, -0.15) is 13.2 Å². The number of hydrogen-bond acceptors (Lipinski definition) is 6. The molecule has 0 radical (unpaired) electrons. The summed E-state index contributed by atoms with van der Waals surface area (Å²) >= 11 is 1.31. The van der Waals surface area contributed by atoms with Crippen LogP contribution in [0.4, 0.5) is 26.3 Å². The quantitative estimate of drug-likeness (QED) is 0.244. The van der Waals surface area contributed by atoms with E-state index in [9.17, 15) is 26.3 Å². The van der Waals surface area contributed by atoms with E-state index in [1.165, 1.54) is 42.7 Å². The van der Waals surface area contributed by atoms with Crippen molar-refractivity contribution in [2.75, 3.05) is 27.3 Å². The smallest absolute Gasteiger partial charge is 0.497 e. The highest BCUT2D eigenvalue weighted by atomic mass is 32.1. The molecule has 0 atom stereocenters. The fourth-order valence-electron chi connectivity index (χ4n) is 3.46. The summed E-state index contributed by atoms with van der Waals surface area (Å²) in [7, 11) is 3.07. The van der Waals surface area contributed by atoms with Crippen LogP contribution in [0.2, 0.25) is 0 Å². The van der Waals surface area contributed by atoms with Crippen LogP contribution in [0.1, 0.15) is 12.0 Å². The molecular weight excluding hydrogens is 524 g/mol. The molecule has 0 aliphatic heterocycles. The van der Waals surface area contributed by atoms with E-state index in [0.29, 0.717) is 40.5 Å². The molecule has 0 aliphatic rings. The number of rotatable bonds is 11. The second-order valence-corrected chi connectivity index (χ2v) is 8.60. The Labute approximate surface area is 213 Å². The summed E-state index contributed by atoms with van der Waals surface area (Å²) in [5, 5.41) is 4.16. The van der Waals surface area contributed by atoms with Crippen LogP contribution < -0.4 is 24.3 Å². The number of aromatic nitrogens is 1. The van der Waals surface area contributed by atoms with Gasteiger partial charge < -0.3 is 24.1 Å². The van der Waals surface area contributed by atoms with Crippen molar-refractivity contribution in [2.45, 2.75) is 32.0 Å². The monoisotopic (exact) mass is 549 g/mol. The van der Waals surface area contributed by atoms with Crippen molar-refractivity contribution in [3.8, 4) is 28.5 Å². The highest BCUT2D eigenvalue weighted by Gasteiger charge is 2.31. The van der Waals surface area contributed by atoms with Gasteiger partial charge in [-0.25, -0.2) is 0 Å². The molecule has 6 nitrogen and oxygen atoms in total. The molecule has 1 N–H and O–H groups in total. The molecule has 0 unspecified atom stereocenters. The zero-order valence-electron chi connectivity index (χ0n) is 19.9. The molecule has 0 amide bonds. The Hall–Kier alpha value is -3.19. The number of benzene rings is 2. The van der Waals surface area contributed by atoms with Gasteiger partial charge in [0, 0.05) is 23.6 Å². The molecule has 0 fully saturated rings. The molecule has 1 aromatic heterocycles. The molecule has 0 bridgehead atoms. The van der Waals surface area contributed by atoms with E-state index in [0.717, 1.165) is 5.56 Å². The molecule has 0 saturated carbocycles. The summed E-state index contributed by atoms with van der Waals surface area (Å²) in [5.41, 5.74) is 2.07. The lowest BCUT2D eigenvalue weighted by Crippen LogP contribution is -2.30. The molecular formula is C24H25F6N3O3S. The van der Waals surface area contributed by atoms with Gasteiger partial charge in [-0.05, 0) is 54.9 Å². The number of nitrogens with one attached hydrogen (secondary N) is 1. The van der Waals surface area contributed by atoms with Crippen LogP contribution in [0.5, 0.6) is 17.2 Å². The SMILES string of the molecule is COc1ccc(CN=c2scc(-c3ccc(OC(F)(F)F)cc3)n2CCCNCC(F)(F)F)c(OC)c1.